The first-order valence-corrected chi connectivity index (χ1v) is 13.7. The molecule has 1 unspecified atom stereocenters. The first kappa shape index (κ1) is 26.5. The number of nitrogens with zero attached hydrogens (tertiary/aromatic N) is 3. The maximum atomic E-state index is 14.8. The molecule has 4 atom stereocenters. The predicted octanol–water partition coefficient (Wildman–Crippen LogP) is 3.34. The molecule has 12 heteroatoms. The summed E-state index contributed by atoms with van der Waals surface area (Å²) in [6.45, 7) is 8.25. The van der Waals surface area contributed by atoms with Crippen LogP contribution in [-0.2, 0) is 32.6 Å². The number of halogens is 2. The van der Waals surface area contributed by atoms with Crippen molar-refractivity contribution >= 4 is 16.1 Å². The van der Waals surface area contributed by atoms with Crippen molar-refractivity contribution in [1.82, 2.24) is 19.4 Å². The third kappa shape index (κ3) is 5.55. The molecule has 1 fully saturated rings. The number of amides is 1. The number of aromatic nitrogens is 2. The summed E-state index contributed by atoms with van der Waals surface area (Å²) in [6, 6.07) is 2.28. The SMILES string of the molecule is CCC1[C@H](NC(=O)OC(C)(C)C)[C@@H](c2cc(F)ccc2F)OC[C@@H]1N1Cc2cn(S(C)(=O)=O)nc2C1. The lowest BCUT2D eigenvalue weighted by Gasteiger charge is -2.46. The second-order valence-electron chi connectivity index (χ2n) is 10.4. The highest BCUT2D eigenvalue weighted by atomic mass is 32.2. The topological polar surface area (TPSA) is 103 Å². The number of rotatable bonds is 5. The van der Waals surface area contributed by atoms with Crippen molar-refractivity contribution in [3.63, 3.8) is 0 Å². The van der Waals surface area contributed by atoms with Crippen LogP contribution in [0, 0.1) is 17.6 Å². The summed E-state index contributed by atoms with van der Waals surface area (Å²) in [6.07, 6.45) is 1.61. The number of nitrogens with one attached hydrogen (secondary N) is 1. The van der Waals surface area contributed by atoms with Gasteiger partial charge in [0.15, 0.2) is 0 Å². The van der Waals surface area contributed by atoms with Crippen molar-refractivity contribution in [3.05, 3.63) is 52.9 Å². The molecule has 1 aromatic carbocycles. The molecule has 1 N–H and O–H groups in total. The van der Waals surface area contributed by atoms with Crippen LogP contribution in [0.2, 0.25) is 0 Å². The van der Waals surface area contributed by atoms with E-state index < -0.39 is 45.5 Å². The van der Waals surface area contributed by atoms with Gasteiger partial charge in [0.05, 0.1) is 24.6 Å². The van der Waals surface area contributed by atoms with Crippen LogP contribution < -0.4 is 5.32 Å². The lowest BCUT2D eigenvalue weighted by atomic mass is 9.81. The van der Waals surface area contributed by atoms with Gasteiger partial charge in [0.2, 0.25) is 0 Å². The highest BCUT2D eigenvalue weighted by molar-refractivity contribution is 7.89. The molecule has 198 valence electrons. The Balaban J connectivity index is 1.62. The number of alkyl carbamates (subject to hydrolysis) is 1. The Kier molecular flexibility index (Phi) is 7.15. The molecule has 0 spiro atoms. The second-order valence-corrected chi connectivity index (χ2v) is 12.2. The highest BCUT2D eigenvalue weighted by Crippen LogP contribution is 2.39. The van der Waals surface area contributed by atoms with Crippen LogP contribution in [0.15, 0.2) is 24.4 Å². The molecule has 0 bridgehead atoms. The lowest BCUT2D eigenvalue weighted by molar-refractivity contribution is -0.0954. The summed E-state index contributed by atoms with van der Waals surface area (Å²) in [5.41, 5.74) is 0.737. The molecular formula is C24H32F2N4O5S. The number of carbonyl (C=O) groups excluding carboxylic acids is 1. The van der Waals surface area contributed by atoms with Crippen LogP contribution in [-0.4, -0.2) is 59.1 Å². The number of hydrogen-bond acceptors (Lipinski definition) is 7. The van der Waals surface area contributed by atoms with Gasteiger partial charge in [-0.1, -0.05) is 6.92 Å². The fourth-order valence-electron chi connectivity index (χ4n) is 4.99. The average molecular weight is 527 g/mol. The van der Waals surface area contributed by atoms with Gasteiger partial charge in [-0.05, 0) is 51.3 Å². The molecule has 0 radical (unpaired) electrons. The van der Waals surface area contributed by atoms with Crippen LogP contribution in [0.5, 0.6) is 0 Å². The van der Waals surface area contributed by atoms with Gasteiger partial charge in [0.1, 0.15) is 23.3 Å². The predicted molar refractivity (Wildman–Crippen MR) is 127 cm³/mol. The minimum atomic E-state index is -3.49. The summed E-state index contributed by atoms with van der Waals surface area (Å²) >= 11 is 0. The van der Waals surface area contributed by atoms with Crippen molar-refractivity contribution in [2.75, 3.05) is 12.9 Å². The maximum absolute atomic E-state index is 14.8. The first-order valence-electron chi connectivity index (χ1n) is 11.8. The van der Waals surface area contributed by atoms with Crippen LogP contribution in [0.4, 0.5) is 13.6 Å². The molecule has 1 amide bonds. The minimum absolute atomic E-state index is 0.0297. The highest BCUT2D eigenvalue weighted by Gasteiger charge is 2.46. The van der Waals surface area contributed by atoms with E-state index in [2.05, 4.69) is 15.3 Å². The minimum Gasteiger partial charge on any atom is -0.444 e. The van der Waals surface area contributed by atoms with E-state index in [0.717, 1.165) is 34.1 Å². The second kappa shape index (κ2) is 9.71. The standard InChI is InChI=1S/C24H32F2N4O5S/c1-6-16-20(29-10-14-11-30(36(5,32)33)28-19(14)12-29)13-34-22(17-9-15(25)7-8-18(17)26)21(16)27-23(31)35-24(2,3)4/h7-9,11,16,20-22H,6,10,12-13H2,1-5H3,(H,27,31)/t16?,20-,21-,22+/m0/s1. The molecule has 3 heterocycles. The Morgan fingerprint density at radius 3 is 2.61 bits per heavy atom. The smallest absolute Gasteiger partial charge is 0.407 e. The number of fused-ring (bicyclic) bond motifs is 1. The molecule has 2 aliphatic heterocycles. The summed E-state index contributed by atoms with van der Waals surface area (Å²) in [5.74, 6) is -1.43. The number of benzene rings is 1. The third-order valence-electron chi connectivity index (χ3n) is 6.54. The molecule has 36 heavy (non-hydrogen) atoms. The van der Waals surface area contributed by atoms with Crippen molar-refractivity contribution in [2.24, 2.45) is 5.92 Å². The van der Waals surface area contributed by atoms with Gasteiger partial charge in [-0.2, -0.15) is 9.19 Å². The summed E-state index contributed by atoms with van der Waals surface area (Å²) in [7, 11) is -3.49. The van der Waals surface area contributed by atoms with E-state index in [9.17, 15) is 22.0 Å². The maximum Gasteiger partial charge on any atom is 0.407 e. The zero-order valence-electron chi connectivity index (χ0n) is 21.0. The molecule has 1 aromatic heterocycles. The Labute approximate surface area is 209 Å². The number of ether oxygens (including phenoxy) is 2. The van der Waals surface area contributed by atoms with Gasteiger partial charge in [0.25, 0.3) is 10.0 Å². The number of carbonyl (C=O) groups is 1. The Morgan fingerprint density at radius 2 is 2.00 bits per heavy atom. The first-order chi connectivity index (χ1) is 16.8. The molecule has 4 rings (SSSR count). The molecule has 0 saturated carbocycles. The van der Waals surface area contributed by atoms with Gasteiger partial charge >= 0.3 is 6.09 Å². The quantitative estimate of drug-likeness (QED) is 0.638. The average Bonchev–Trinajstić information content (AvgIpc) is 3.33. The normalized spacial score (nSPS) is 25.0. The molecular weight excluding hydrogens is 494 g/mol. The largest absolute Gasteiger partial charge is 0.444 e. The summed E-state index contributed by atoms with van der Waals surface area (Å²) in [5, 5.41) is 7.08. The van der Waals surface area contributed by atoms with Gasteiger partial charge in [-0.15, -0.1) is 0 Å². The zero-order chi connectivity index (χ0) is 26.4. The van der Waals surface area contributed by atoms with E-state index in [1.807, 2.05) is 6.92 Å². The van der Waals surface area contributed by atoms with Crippen LogP contribution in [0.1, 0.15) is 57.0 Å². The Hall–Kier alpha value is -2.57. The van der Waals surface area contributed by atoms with Crippen LogP contribution >= 0.6 is 0 Å². The lowest BCUT2D eigenvalue weighted by Crippen LogP contribution is -2.58. The van der Waals surface area contributed by atoms with Crippen LogP contribution in [0.3, 0.4) is 0 Å². The monoisotopic (exact) mass is 526 g/mol. The Bertz CT molecular complexity index is 1220. The third-order valence-corrected chi connectivity index (χ3v) is 7.41. The van der Waals surface area contributed by atoms with Crippen LogP contribution in [0.25, 0.3) is 0 Å². The van der Waals surface area contributed by atoms with Gasteiger partial charge in [-0.3, -0.25) is 4.90 Å². The number of hydrogen-bond donors (Lipinski definition) is 1. The van der Waals surface area contributed by atoms with Crippen molar-refractivity contribution in [3.8, 4) is 0 Å². The summed E-state index contributed by atoms with van der Waals surface area (Å²) < 4.78 is 65.1. The van der Waals surface area contributed by atoms with Crippen molar-refractivity contribution < 1.29 is 31.5 Å². The molecule has 9 nitrogen and oxygen atoms in total. The fraction of sp³-hybridized carbons (Fsp3) is 0.583. The van der Waals surface area contributed by atoms with E-state index in [4.69, 9.17) is 9.47 Å². The molecule has 2 aliphatic rings. The van der Waals surface area contributed by atoms with Crippen molar-refractivity contribution in [2.45, 2.75) is 71.0 Å². The zero-order valence-corrected chi connectivity index (χ0v) is 21.8. The fourth-order valence-corrected chi connectivity index (χ4v) is 5.56. The molecule has 0 aliphatic carbocycles. The Morgan fingerprint density at radius 1 is 1.28 bits per heavy atom. The van der Waals surface area contributed by atoms with Gasteiger partial charge in [-0.25, -0.2) is 22.0 Å². The van der Waals surface area contributed by atoms with E-state index in [1.165, 1.54) is 6.20 Å². The van der Waals surface area contributed by atoms with Gasteiger partial charge in [0, 0.05) is 36.5 Å². The molecule has 1 saturated heterocycles. The van der Waals surface area contributed by atoms with E-state index in [-0.39, 0.29) is 24.1 Å². The van der Waals surface area contributed by atoms with E-state index in [1.54, 1.807) is 20.8 Å². The van der Waals surface area contributed by atoms with E-state index in [0.29, 0.717) is 25.2 Å². The summed E-state index contributed by atoms with van der Waals surface area (Å²) in [4.78, 5) is 14.9. The van der Waals surface area contributed by atoms with Crippen molar-refractivity contribution in [1.29, 1.82) is 0 Å². The van der Waals surface area contributed by atoms with Gasteiger partial charge < -0.3 is 14.8 Å². The molecule has 2 aromatic rings. The van der Waals surface area contributed by atoms with E-state index >= 15 is 0 Å².